The van der Waals surface area contributed by atoms with E-state index in [9.17, 15) is 4.79 Å². The number of nitrogens with one attached hydrogen (secondary N) is 1. The molecular formula is C15H13BrN2O2. The summed E-state index contributed by atoms with van der Waals surface area (Å²) in [4.78, 5) is 13.9. The van der Waals surface area contributed by atoms with Crippen molar-refractivity contribution in [3.05, 3.63) is 46.9 Å². The summed E-state index contributed by atoms with van der Waals surface area (Å²) in [5.74, 6) is 0.789. The Hall–Kier alpha value is -2.01. The van der Waals surface area contributed by atoms with Gasteiger partial charge in [0, 0.05) is 10.2 Å². The van der Waals surface area contributed by atoms with Crippen LogP contribution in [-0.4, -0.2) is 19.6 Å². The van der Waals surface area contributed by atoms with E-state index in [1.807, 2.05) is 42.5 Å². The van der Waals surface area contributed by atoms with Crippen molar-refractivity contribution < 1.29 is 9.53 Å². The third-order valence-electron chi connectivity index (χ3n) is 3.21. The summed E-state index contributed by atoms with van der Waals surface area (Å²) in [7, 11) is 1.62. The maximum absolute atomic E-state index is 12.2. The van der Waals surface area contributed by atoms with Crippen molar-refractivity contribution in [3.8, 4) is 5.75 Å². The molecule has 0 saturated heterocycles. The van der Waals surface area contributed by atoms with Gasteiger partial charge in [-0.15, -0.1) is 0 Å². The summed E-state index contributed by atoms with van der Waals surface area (Å²) >= 11 is 3.44. The summed E-state index contributed by atoms with van der Waals surface area (Å²) in [6.07, 6.45) is 0. The van der Waals surface area contributed by atoms with Gasteiger partial charge in [-0.2, -0.15) is 0 Å². The highest BCUT2D eigenvalue weighted by atomic mass is 79.9. The molecule has 5 heteroatoms. The molecule has 1 amide bonds. The number of benzene rings is 2. The lowest BCUT2D eigenvalue weighted by Gasteiger charge is -2.30. The Bertz CT molecular complexity index is 655. The van der Waals surface area contributed by atoms with Gasteiger partial charge in [-0.1, -0.05) is 15.9 Å². The fourth-order valence-corrected chi connectivity index (χ4v) is 2.60. The first-order valence-corrected chi connectivity index (χ1v) is 6.99. The number of hydrogen-bond donors (Lipinski definition) is 1. The molecule has 0 spiro atoms. The van der Waals surface area contributed by atoms with Crippen LogP contribution < -0.4 is 15.0 Å². The molecule has 0 bridgehead atoms. The zero-order chi connectivity index (χ0) is 14.1. The molecule has 4 nitrogen and oxygen atoms in total. The normalized spacial score (nSPS) is 13.7. The number of hydrogen-bond acceptors (Lipinski definition) is 3. The Morgan fingerprint density at radius 3 is 2.65 bits per heavy atom. The quantitative estimate of drug-likeness (QED) is 0.914. The maximum Gasteiger partial charge on any atom is 0.250 e. The van der Waals surface area contributed by atoms with Crippen LogP contribution in [0.3, 0.4) is 0 Å². The number of halogens is 1. The minimum absolute atomic E-state index is 0.0185. The van der Waals surface area contributed by atoms with Crippen LogP contribution in [0.15, 0.2) is 46.9 Å². The average Bonchev–Trinajstić information content (AvgIpc) is 2.48. The van der Waals surface area contributed by atoms with Crippen LogP contribution in [0.2, 0.25) is 0 Å². The SMILES string of the molecule is COc1ccc(N2C(=O)CNc3cc(Br)ccc32)cc1. The van der Waals surface area contributed by atoms with Crippen LogP contribution in [0.1, 0.15) is 0 Å². The van der Waals surface area contributed by atoms with E-state index in [1.165, 1.54) is 0 Å². The lowest BCUT2D eigenvalue weighted by Crippen LogP contribution is -2.36. The van der Waals surface area contributed by atoms with Crippen molar-refractivity contribution in [3.63, 3.8) is 0 Å². The minimum atomic E-state index is 0.0185. The Balaban J connectivity index is 2.05. The predicted molar refractivity (Wildman–Crippen MR) is 82.8 cm³/mol. The molecule has 0 saturated carbocycles. The van der Waals surface area contributed by atoms with Gasteiger partial charge in [-0.05, 0) is 42.5 Å². The van der Waals surface area contributed by atoms with Crippen LogP contribution in [0.4, 0.5) is 17.1 Å². The van der Waals surface area contributed by atoms with Gasteiger partial charge in [0.25, 0.3) is 5.91 Å². The molecule has 2 aromatic carbocycles. The minimum Gasteiger partial charge on any atom is -0.497 e. The largest absolute Gasteiger partial charge is 0.497 e. The van der Waals surface area contributed by atoms with Crippen molar-refractivity contribution >= 4 is 38.9 Å². The van der Waals surface area contributed by atoms with Gasteiger partial charge < -0.3 is 10.1 Å². The number of carbonyl (C=O) groups excluding carboxylic acids is 1. The lowest BCUT2D eigenvalue weighted by atomic mass is 10.1. The first-order valence-electron chi connectivity index (χ1n) is 6.19. The molecule has 102 valence electrons. The molecule has 1 heterocycles. The third kappa shape index (κ3) is 2.25. The number of carbonyl (C=O) groups is 1. The number of methoxy groups -OCH3 is 1. The second kappa shape index (κ2) is 5.17. The summed E-state index contributed by atoms with van der Waals surface area (Å²) in [6.45, 7) is 0.287. The molecule has 0 unspecified atom stereocenters. The zero-order valence-electron chi connectivity index (χ0n) is 10.9. The second-order valence-corrected chi connectivity index (χ2v) is 5.36. The molecule has 0 fully saturated rings. The fourth-order valence-electron chi connectivity index (χ4n) is 2.24. The van der Waals surface area contributed by atoms with Gasteiger partial charge in [0.15, 0.2) is 0 Å². The number of fused-ring (bicyclic) bond motifs is 1. The molecule has 2 aromatic rings. The zero-order valence-corrected chi connectivity index (χ0v) is 12.5. The highest BCUT2D eigenvalue weighted by Crippen LogP contribution is 2.37. The van der Waals surface area contributed by atoms with E-state index in [-0.39, 0.29) is 12.5 Å². The van der Waals surface area contributed by atoms with E-state index in [2.05, 4.69) is 21.2 Å². The Labute approximate surface area is 125 Å². The number of anilines is 3. The topological polar surface area (TPSA) is 41.6 Å². The smallest absolute Gasteiger partial charge is 0.250 e. The first kappa shape index (κ1) is 13.0. The number of nitrogens with zero attached hydrogens (tertiary/aromatic N) is 1. The van der Waals surface area contributed by atoms with Gasteiger partial charge in [0.05, 0.1) is 25.0 Å². The third-order valence-corrected chi connectivity index (χ3v) is 3.70. The molecule has 1 N–H and O–H groups in total. The molecule has 0 atom stereocenters. The van der Waals surface area contributed by atoms with Crippen LogP contribution in [0, 0.1) is 0 Å². The Morgan fingerprint density at radius 2 is 1.95 bits per heavy atom. The maximum atomic E-state index is 12.2. The van der Waals surface area contributed by atoms with Crippen LogP contribution in [0.5, 0.6) is 5.75 Å². The van der Waals surface area contributed by atoms with E-state index in [0.29, 0.717) is 0 Å². The van der Waals surface area contributed by atoms with Crippen molar-refractivity contribution in [2.24, 2.45) is 0 Å². The summed E-state index contributed by atoms with van der Waals surface area (Å²) in [5.41, 5.74) is 2.63. The summed E-state index contributed by atoms with van der Waals surface area (Å²) in [6, 6.07) is 13.3. The monoisotopic (exact) mass is 332 g/mol. The highest BCUT2D eigenvalue weighted by Gasteiger charge is 2.25. The van der Waals surface area contributed by atoms with E-state index in [0.717, 1.165) is 27.3 Å². The van der Waals surface area contributed by atoms with E-state index in [4.69, 9.17) is 4.74 Å². The van der Waals surface area contributed by atoms with Crippen LogP contribution in [0.25, 0.3) is 0 Å². The van der Waals surface area contributed by atoms with E-state index >= 15 is 0 Å². The van der Waals surface area contributed by atoms with Crippen molar-refractivity contribution in [1.29, 1.82) is 0 Å². The van der Waals surface area contributed by atoms with Crippen molar-refractivity contribution in [1.82, 2.24) is 0 Å². The van der Waals surface area contributed by atoms with Gasteiger partial charge in [-0.25, -0.2) is 0 Å². The molecule has 3 rings (SSSR count). The Morgan fingerprint density at radius 1 is 1.20 bits per heavy atom. The second-order valence-electron chi connectivity index (χ2n) is 4.44. The van der Waals surface area contributed by atoms with Crippen molar-refractivity contribution in [2.45, 2.75) is 0 Å². The van der Waals surface area contributed by atoms with Gasteiger partial charge >= 0.3 is 0 Å². The molecule has 0 aromatic heterocycles. The van der Waals surface area contributed by atoms with Crippen LogP contribution in [-0.2, 0) is 4.79 Å². The number of rotatable bonds is 2. The van der Waals surface area contributed by atoms with Crippen molar-refractivity contribution in [2.75, 3.05) is 23.9 Å². The molecule has 1 aliphatic heterocycles. The summed E-state index contributed by atoms with van der Waals surface area (Å²) < 4.78 is 6.13. The van der Waals surface area contributed by atoms with Gasteiger partial charge in [0.1, 0.15) is 5.75 Å². The van der Waals surface area contributed by atoms with Crippen LogP contribution >= 0.6 is 15.9 Å². The Kier molecular flexibility index (Phi) is 3.36. The fraction of sp³-hybridized carbons (Fsp3) is 0.133. The van der Waals surface area contributed by atoms with E-state index in [1.54, 1.807) is 12.0 Å². The van der Waals surface area contributed by atoms with E-state index < -0.39 is 0 Å². The predicted octanol–water partition coefficient (Wildman–Crippen LogP) is 3.55. The molecule has 1 aliphatic rings. The molecule has 0 radical (unpaired) electrons. The number of ether oxygens (including phenoxy) is 1. The van der Waals surface area contributed by atoms with Gasteiger partial charge in [-0.3, -0.25) is 9.69 Å². The lowest BCUT2D eigenvalue weighted by molar-refractivity contribution is -0.116. The number of amides is 1. The standard InChI is InChI=1S/C15H13BrN2O2/c1-20-12-5-3-11(4-6-12)18-14-7-2-10(16)8-13(14)17-9-15(18)19/h2-8,17H,9H2,1H3. The first-order chi connectivity index (χ1) is 9.69. The molecule has 0 aliphatic carbocycles. The summed E-state index contributed by atoms with van der Waals surface area (Å²) in [5, 5.41) is 3.13. The highest BCUT2D eigenvalue weighted by molar-refractivity contribution is 9.10. The molecular weight excluding hydrogens is 320 g/mol. The molecule has 20 heavy (non-hydrogen) atoms. The average molecular weight is 333 g/mol. The van der Waals surface area contributed by atoms with Gasteiger partial charge in [0.2, 0.25) is 0 Å².